The zero-order valence-electron chi connectivity index (χ0n) is 10.4. The van der Waals surface area contributed by atoms with Crippen LogP contribution in [-0.2, 0) is 4.79 Å². The molecule has 0 heterocycles. The second-order valence-corrected chi connectivity index (χ2v) is 5.42. The van der Waals surface area contributed by atoms with Gasteiger partial charge in [0.1, 0.15) is 0 Å². The second kappa shape index (κ2) is 7.49. The Morgan fingerprint density at radius 1 is 1.35 bits per heavy atom. The highest BCUT2D eigenvalue weighted by Gasteiger charge is 2.13. The van der Waals surface area contributed by atoms with Gasteiger partial charge in [-0.25, -0.2) is 0 Å². The monoisotopic (exact) mass is 297 g/mol. The molecule has 1 aromatic carbocycles. The van der Waals surface area contributed by atoms with Gasteiger partial charge in [-0.2, -0.15) is 0 Å². The van der Waals surface area contributed by atoms with Crippen molar-refractivity contribution in [3.63, 3.8) is 0 Å². The van der Waals surface area contributed by atoms with E-state index >= 15 is 0 Å². The van der Waals surface area contributed by atoms with Crippen molar-refractivity contribution in [2.24, 2.45) is 5.92 Å². The first-order valence-electron chi connectivity index (χ1n) is 6.11. The first kappa shape index (κ1) is 14.2. The van der Waals surface area contributed by atoms with E-state index in [1.54, 1.807) is 0 Å². The molecule has 0 saturated heterocycles. The van der Waals surface area contributed by atoms with Gasteiger partial charge in [-0.3, -0.25) is 4.79 Å². The van der Waals surface area contributed by atoms with Crippen LogP contribution in [0.4, 0.5) is 0 Å². The lowest BCUT2D eigenvalue weighted by Crippen LogP contribution is -2.31. The van der Waals surface area contributed by atoms with Crippen LogP contribution in [0.5, 0.6) is 0 Å². The maximum Gasteiger partial charge on any atom is 0.222 e. The van der Waals surface area contributed by atoms with Crippen LogP contribution in [0.1, 0.15) is 37.1 Å². The summed E-state index contributed by atoms with van der Waals surface area (Å²) in [6, 6.07) is 10.1. The van der Waals surface area contributed by atoms with Crippen LogP contribution in [0.15, 0.2) is 30.3 Å². The van der Waals surface area contributed by atoms with Gasteiger partial charge in [0.25, 0.3) is 0 Å². The lowest BCUT2D eigenvalue weighted by atomic mass is 10.1. The average Bonchev–Trinajstić information content (AvgIpc) is 2.36. The van der Waals surface area contributed by atoms with E-state index < -0.39 is 0 Å². The zero-order chi connectivity index (χ0) is 12.7. The van der Waals surface area contributed by atoms with Gasteiger partial charge in [0.2, 0.25) is 5.91 Å². The SMILES string of the molecule is CCCC(C)C(=O)NCC(Br)c1ccccc1. The highest BCUT2D eigenvalue weighted by Crippen LogP contribution is 2.21. The molecule has 1 N–H and O–H groups in total. The molecule has 3 heteroatoms. The van der Waals surface area contributed by atoms with Crippen molar-refractivity contribution in [1.82, 2.24) is 5.32 Å². The van der Waals surface area contributed by atoms with Crippen molar-refractivity contribution in [2.75, 3.05) is 6.54 Å². The molecule has 0 aliphatic rings. The minimum Gasteiger partial charge on any atom is -0.354 e. The van der Waals surface area contributed by atoms with E-state index in [1.165, 1.54) is 5.56 Å². The van der Waals surface area contributed by atoms with Gasteiger partial charge in [0.05, 0.1) is 4.83 Å². The summed E-state index contributed by atoms with van der Waals surface area (Å²) in [4.78, 5) is 11.9. The lowest BCUT2D eigenvalue weighted by Gasteiger charge is -2.14. The summed E-state index contributed by atoms with van der Waals surface area (Å²) in [5.74, 6) is 0.253. The number of carbonyl (C=O) groups is 1. The van der Waals surface area contributed by atoms with Crippen LogP contribution in [0.2, 0.25) is 0 Å². The fraction of sp³-hybridized carbons (Fsp3) is 0.500. The number of hydrogen-bond acceptors (Lipinski definition) is 1. The number of rotatable bonds is 6. The first-order chi connectivity index (χ1) is 8.15. The minimum atomic E-state index is 0.107. The van der Waals surface area contributed by atoms with Crippen LogP contribution in [0.25, 0.3) is 0 Å². The number of benzene rings is 1. The smallest absolute Gasteiger partial charge is 0.222 e. The normalized spacial score (nSPS) is 14.1. The maximum atomic E-state index is 11.7. The number of alkyl halides is 1. The third-order valence-electron chi connectivity index (χ3n) is 2.79. The molecule has 0 saturated carbocycles. The Kier molecular flexibility index (Phi) is 6.27. The van der Waals surface area contributed by atoms with Gasteiger partial charge in [-0.1, -0.05) is 66.5 Å². The van der Waals surface area contributed by atoms with E-state index in [2.05, 4.69) is 40.3 Å². The molecule has 0 bridgehead atoms. The molecule has 0 radical (unpaired) electrons. The van der Waals surface area contributed by atoms with Gasteiger partial charge in [-0.15, -0.1) is 0 Å². The largest absolute Gasteiger partial charge is 0.354 e. The minimum absolute atomic E-state index is 0.107. The van der Waals surface area contributed by atoms with Crippen molar-refractivity contribution >= 4 is 21.8 Å². The summed E-state index contributed by atoms with van der Waals surface area (Å²) in [5.41, 5.74) is 1.19. The van der Waals surface area contributed by atoms with Crippen LogP contribution in [0, 0.1) is 5.92 Å². The molecule has 0 spiro atoms. The van der Waals surface area contributed by atoms with Gasteiger partial charge in [-0.05, 0) is 12.0 Å². The van der Waals surface area contributed by atoms with Gasteiger partial charge < -0.3 is 5.32 Å². The van der Waals surface area contributed by atoms with E-state index in [9.17, 15) is 4.79 Å². The van der Waals surface area contributed by atoms with Gasteiger partial charge in [0.15, 0.2) is 0 Å². The number of hydrogen-bond donors (Lipinski definition) is 1. The molecule has 1 amide bonds. The third-order valence-corrected chi connectivity index (χ3v) is 3.64. The molecular weight excluding hydrogens is 278 g/mol. The van der Waals surface area contributed by atoms with Crippen LogP contribution < -0.4 is 5.32 Å². The fourth-order valence-corrected chi connectivity index (χ4v) is 2.18. The van der Waals surface area contributed by atoms with Crippen molar-refractivity contribution in [2.45, 2.75) is 31.5 Å². The molecule has 1 rings (SSSR count). The summed E-state index contributed by atoms with van der Waals surface area (Å²) >= 11 is 3.59. The van der Waals surface area contributed by atoms with Crippen LogP contribution in [0.3, 0.4) is 0 Å². The van der Waals surface area contributed by atoms with Crippen LogP contribution >= 0.6 is 15.9 Å². The standard InChI is InChI=1S/C14H20BrNO/c1-3-7-11(2)14(17)16-10-13(15)12-8-5-4-6-9-12/h4-6,8-9,11,13H,3,7,10H2,1-2H3,(H,16,17). The quantitative estimate of drug-likeness (QED) is 0.798. The summed E-state index contributed by atoms with van der Waals surface area (Å²) in [6.45, 7) is 4.71. The summed E-state index contributed by atoms with van der Waals surface area (Å²) in [6.07, 6.45) is 2.00. The van der Waals surface area contributed by atoms with E-state index in [1.807, 2.05) is 25.1 Å². The molecule has 2 nitrogen and oxygen atoms in total. The summed E-state index contributed by atoms with van der Waals surface area (Å²) in [7, 11) is 0. The number of halogens is 1. The van der Waals surface area contributed by atoms with E-state index in [4.69, 9.17) is 0 Å². The van der Waals surface area contributed by atoms with Crippen LogP contribution in [-0.4, -0.2) is 12.5 Å². The van der Waals surface area contributed by atoms with Crippen molar-refractivity contribution in [3.05, 3.63) is 35.9 Å². The Bertz CT molecular complexity index is 339. The second-order valence-electron chi connectivity index (χ2n) is 4.31. The topological polar surface area (TPSA) is 29.1 Å². The third kappa shape index (κ3) is 4.90. The molecule has 0 aliphatic carbocycles. The molecule has 1 aromatic rings. The van der Waals surface area contributed by atoms with E-state index in [0.717, 1.165) is 12.8 Å². The Hall–Kier alpha value is -0.830. The first-order valence-corrected chi connectivity index (χ1v) is 7.03. The molecule has 0 fully saturated rings. The number of amides is 1. The highest BCUT2D eigenvalue weighted by atomic mass is 79.9. The summed E-state index contributed by atoms with van der Waals surface area (Å²) < 4.78 is 0. The Balaban J connectivity index is 2.38. The summed E-state index contributed by atoms with van der Waals surface area (Å²) in [5, 5.41) is 2.98. The lowest BCUT2D eigenvalue weighted by molar-refractivity contribution is -0.124. The Morgan fingerprint density at radius 2 is 2.00 bits per heavy atom. The van der Waals surface area contributed by atoms with Crippen molar-refractivity contribution in [1.29, 1.82) is 0 Å². The molecule has 94 valence electrons. The maximum absolute atomic E-state index is 11.7. The molecule has 2 atom stereocenters. The van der Waals surface area contributed by atoms with Crippen molar-refractivity contribution in [3.8, 4) is 0 Å². The molecule has 0 aromatic heterocycles. The highest BCUT2D eigenvalue weighted by molar-refractivity contribution is 9.09. The van der Waals surface area contributed by atoms with E-state index in [-0.39, 0.29) is 16.7 Å². The van der Waals surface area contributed by atoms with Gasteiger partial charge in [0, 0.05) is 12.5 Å². The molecule has 17 heavy (non-hydrogen) atoms. The zero-order valence-corrected chi connectivity index (χ0v) is 12.0. The Morgan fingerprint density at radius 3 is 2.59 bits per heavy atom. The Labute approximate surface area is 112 Å². The van der Waals surface area contributed by atoms with Crippen molar-refractivity contribution < 1.29 is 4.79 Å². The molecule has 2 unspecified atom stereocenters. The predicted octanol–water partition coefficient (Wildman–Crippen LogP) is 3.68. The average molecular weight is 298 g/mol. The molecular formula is C14H20BrNO. The van der Waals surface area contributed by atoms with E-state index in [0.29, 0.717) is 6.54 Å². The predicted molar refractivity (Wildman–Crippen MR) is 75.2 cm³/mol. The fourth-order valence-electron chi connectivity index (χ4n) is 1.71. The number of carbonyl (C=O) groups excluding carboxylic acids is 1. The number of nitrogens with one attached hydrogen (secondary N) is 1. The van der Waals surface area contributed by atoms with Gasteiger partial charge >= 0.3 is 0 Å². The molecule has 0 aliphatic heterocycles.